The summed E-state index contributed by atoms with van der Waals surface area (Å²) < 4.78 is 5.61. The van der Waals surface area contributed by atoms with Crippen LogP contribution in [-0.4, -0.2) is 43.7 Å². The fourth-order valence-electron chi connectivity index (χ4n) is 1.54. The van der Waals surface area contributed by atoms with Crippen LogP contribution < -0.4 is 10.6 Å². The summed E-state index contributed by atoms with van der Waals surface area (Å²) in [6.45, 7) is 1.12. The van der Waals surface area contributed by atoms with Crippen molar-refractivity contribution >= 4 is 17.6 Å². The SMILES string of the molecule is CN=C(C[N+](=O)[O-])NCCSCc1ccc(CNC)o1. The molecular weight excluding hydrogens is 280 g/mol. The number of thioether (sulfide) groups is 1. The number of nitrogens with zero attached hydrogens (tertiary/aromatic N) is 2. The smallest absolute Gasteiger partial charge is 0.259 e. The molecule has 7 nitrogen and oxygen atoms in total. The van der Waals surface area contributed by atoms with Crippen LogP contribution in [0.2, 0.25) is 0 Å². The van der Waals surface area contributed by atoms with E-state index in [0.717, 1.165) is 29.6 Å². The van der Waals surface area contributed by atoms with Crippen LogP contribution in [0, 0.1) is 10.1 Å². The molecule has 1 aromatic heterocycles. The van der Waals surface area contributed by atoms with E-state index in [0.29, 0.717) is 12.4 Å². The Hall–Kier alpha value is -1.54. The summed E-state index contributed by atoms with van der Waals surface area (Å²) in [4.78, 5) is 13.8. The van der Waals surface area contributed by atoms with Crippen molar-refractivity contribution in [3.63, 3.8) is 0 Å². The lowest BCUT2D eigenvalue weighted by atomic mass is 10.4. The zero-order chi connectivity index (χ0) is 14.8. The van der Waals surface area contributed by atoms with Crippen LogP contribution in [-0.2, 0) is 12.3 Å². The van der Waals surface area contributed by atoms with Gasteiger partial charge in [-0.25, -0.2) is 0 Å². The summed E-state index contributed by atoms with van der Waals surface area (Å²) in [7, 11) is 3.42. The second kappa shape index (κ2) is 9.38. The molecule has 0 saturated heterocycles. The summed E-state index contributed by atoms with van der Waals surface area (Å²) in [5.41, 5.74) is 0. The molecule has 20 heavy (non-hydrogen) atoms. The van der Waals surface area contributed by atoms with Gasteiger partial charge in [0, 0.05) is 24.3 Å². The van der Waals surface area contributed by atoms with E-state index in [2.05, 4.69) is 15.6 Å². The Morgan fingerprint density at radius 2 is 2.25 bits per heavy atom. The lowest BCUT2D eigenvalue weighted by molar-refractivity contribution is -0.463. The first kappa shape index (κ1) is 16.5. The van der Waals surface area contributed by atoms with Crippen molar-refractivity contribution in [2.75, 3.05) is 32.9 Å². The summed E-state index contributed by atoms with van der Waals surface area (Å²) in [6, 6.07) is 3.93. The number of hydrogen-bond acceptors (Lipinski definition) is 6. The number of hydrogen-bond donors (Lipinski definition) is 2. The third-order valence-corrected chi connectivity index (χ3v) is 3.42. The van der Waals surface area contributed by atoms with Crippen LogP contribution in [0.5, 0.6) is 0 Å². The minimum absolute atomic E-state index is 0.257. The van der Waals surface area contributed by atoms with Crippen LogP contribution >= 0.6 is 11.8 Å². The van der Waals surface area contributed by atoms with Crippen LogP contribution in [0.25, 0.3) is 0 Å². The second-order valence-corrected chi connectivity index (χ2v) is 5.14. The molecule has 0 aromatic carbocycles. The molecule has 0 atom stereocenters. The zero-order valence-corrected chi connectivity index (χ0v) is 12.5. The first-order valence-electron chi connectivity index (χ1n) is 6.27. The molecule has 0 unspecified atom stereocenters. The Balaban J connectivity index is 2.16. The molecule has 0 fully saturated rings. The number of furan rings is 1. The van der Waals surface area contributed by atoms with E-state index >= 15 is 0 Å². The molecule has 0 amide bonds. The molecule has 0 saturated carbocycles. The minimum Gasteiger partial charge on any atom is -0.464 e. The average molecular weight is 300 g/mol. The van der Waals surface area contributed by atoms with Gasteiger partial charge in [-0.15, -0.1) is 0 Å². The molecule has 1 rings (SSSR count). The van der Waals surface area contributed by atoms with E-state index in [4.69, 9.17) is 4.42 Å². The van der Waals surface area contributed by atoms with Gasteiger partial charge in [0.05, 0.1) is 12.3 Å². The van der Waals surface area contributed by atoms with Crippen molar-refractivity contribution < 1.29 is 9.34 Å². The van der Waals surface area contributed by atoms with Gasteiger partial charge in [-0.2, -0.15) is 11.8 Å². The maximum absolute atomic E-state index is 10.4. The molecule has 8 heteroatoms. The van der Waals surface area contributed by atoms with Gasteiger partial charge in [0.25, 0.3) is 6.54 Å². The van der Waals surface area contributed by atoms with Gasteiger partial charge in [0.15, 0.2) is 5.84 Å². The molecule has 112 valence electrons. The second-order valence-electron chi connectivity index (χ2n) is 4.04. The van der Waals surface area contributed by atoms with E-state index < -0.39 is 4.92 Å². The normalized spacial score (nSPS) is 11.6. The van der Waals surface area contributed by atoms with Gasteiger partial charge in [0.2, 0.25) is 0 Å². The van der Waals surface area contributed by atoms with E-state index in [1.54, 1.807) is 18.8 Å². The highest BCUT2D eigenvalue weighted by Gasteiger charge is 2.05. The van der Waals surface area contributed by atoms with Crippen LogP contribution in [0.4, 0.5) is 0 Å². The molecule has 0 spiro atoms. The largest absolute Gasteiger partial charge is 0.464 e. The summed E-state index contributed by atoms with van der Waals surface area (Å²) >= 11 is 1.71. The fraction of sp³-hybridized carbons (Fsp3) is 0.583. The van der Waals surface area contributed by atoms with Crippen molar-refractivity contribution in [1.82, 2.24) is 10.6 Å². The molecule has 0 bridgehead atoms. The van der Waals surface area contributed by atoms with Crippen LogP contribution in [0.1, 0.15) is 11.5 Å². The maximum Gasteiger partial charge on any atom is 0.259 e. The molecule has 0 aliphatic heterocycles. The standard InChI is InChI=1S/C12H20N4O3S/c1-13-7-10-3-4-11(19-10)9-20-6-5-15-12(14-2)8-16(17)18/h3-4,13H,5-9H2,1-2H3,(H,14,15). The number of rotatable bonds is 9. The van der Waals surface area contributed by atoms with Crippen molar-refractivity contribution in [3.05, 3.63) is 33.8 Å². The topological polar surface area (TPSA) is 92.7 Å². The first-order valence-corrected chi connectivity index (χ1v) is 7.42. The lowest BCUT2D eigenvalue weighted by Crippen LogP contribution is -2.31. The Kier molecular flexibility index (Phi) is 7.74. The lowest BCUT2D eigenvalue weighted by Gasteiger charge is -2.05. The number of nitrogens with one attached hydrogen (secondary N) is 2. The van der Waals surface area contributed by atoms with E-state index in [1.165, 1.54) is 0 Å². The molecule has 0 aliphatic rings. The van der Waals surface area contributed by atoms with Crippen molar-refractivity contribution in [1.29, 1.82) is 0 Å². The monoisotopic (exact) mass is 300 g/mol. The third kappa shape index (κ3) is 6.58. The molecule has 1 aromatic rings. The zero-order valence-electron chi connectivity index (χ0n) is 11.7. The Morgan fingerprint density at radius 3 is 2.90 bits per heavy atom. The molecular formula is C12H20N4O3S. The van der Waals surface area contributed by atoms with Gasteiger partial charge in [-0.3, -0.25) is 15.1 Å². The average Bonchev–Trinajstić information content (AvgIpc) is 2.84. The molecule has 1 heterocycles. The summed E-state index contributed by atoms with van der Waals surface area (Å²) in [5.74, 6) is 3.89. The molecule has 0 aliphatic carbocycles. The van der Waals surface area contributed by atoms with Crippen LogP contribution in [0.15, 0.2) is 21.5 Å². The van der Waals surface area contributed by atoms with E-state index in [9.17, 15) is 10.1 Å². The Morgan fingerprint density at radius 1 is 1.50 bits per heavy atom. The highest BCUT2D eigenvalue weighted by molar-refractivity contribution is 7.98. The third-order valence-electron chi connectivity index (χ3n) is 2.44. The summed E-state index contributed by atoms with van der Waals surface area (Å²) in [6.07, 6.45) is 0. The molecule has 0 radical (unpaired) electrons. The van der Waals surface area contributed by atoms with E-state index in [1.807, 2.05) is 19.2 Å². The van der Waals surface area contributed by atoms with Gasteiger partial charge < -0.3 is 15.1 Å². The fourth-order valence-corrected chi connectivity index (χ4v) is 2.28. The van der Waals surface area contributed by atoms with Crippen LogP contribution in [0.3, 0.4) is 0 Å². The quantitative estimate of drug-likeness (QED) is 0.233. The number of amidine groups is 1. The van der Waals surface area contributed by atoms with E-state index in [-0.39, 0.29) is 6.54 Å². The highest BCUT2D eigenvalue weighted by Crippen LogP contribution is 2.14. The molecule has 2 N–H and O–H groups in total. The first-order chi connectivity index (χ1) is 9.65. The van der Waals surface area contributed by atoms with Crippen molar-refractivity contribution in [2.45, 2.75) is 12.3 Å². The minimum atomic E-state index is -0.394. The number of aliphatic imine (C=N–C) groups is 1. The number of nitro groups is 1. The Bertz CT molecular complexity index is 448. The van der Waals surface area contributed by atoms with Crippen molar-refractivity contribution in [3.8, 4) is 0 Å². The predicted octanol–water partition coefficient (Wildman–Crippen LogP) is 1.13. The van der Waals surface area contributed by atoms with Gasteiger partial charge in [-0.05, 0) is 19.2 Å². The maximum atomic E-state index is 10.4. The predicted molar refractivity (Wildman–Crippen MR) is 80.9 cm³/mol. The highest BCUT2D eigenvalue weighted by atomic mass is 32.2. The van der Waals surface area contributed by atoms with Gasteiger partial charge >= 0.3 is 0 Å². The van der Waals surface area contributed by atoms with Gasteiger partial charge in [0.1, 0.15) is 11.5 Å². The van der Waals surface area contributed by atoms with Crippen molar-refractivity contribution in [2.24, 2.45) is 4.99 Å². The van der Waals surface area contributed by atoms with Gasteiger partial charge in [-0.1, -0.05) is 0 Å². The summed E-state index contributed by atoms with van der Waals surface area (Å²) in [5, 5.41) is 16.3. The Labute approximate surface area is 122 Å².